The zero-order chi connectivity index (χ0) is 18.5. The number of aryl methyl sites for hydroxylation is 2. The number of fused-ring (bicyclic) bond motifs is 1. The minimum Gasteiger partial charge on any atom is -0.348 e. The molecule has 132 valence electrons. The van der Waals surface area contributed by atoms with E-state index < -0.39 is 0 Å². The fraction of sp³-hybridized carbons (Fsp3) is 0.190. The van der Waals surface area contributed by atoms with Crippen LogP contribution >= 0.6 is 11.8 Å². The molecule has 0 saturated carbocycles. The van der Waals surface area contributed by atoms with Gasteiger partial charge in [-0.2, -0.15) is 0 Å². The van der Waals surface area contributed by atoms with Crippen LogP contribution in [0.15, 0.2) is 59.6 Å². The number of pyridine rings is 1. The average Bonchev–Trinajstić information content (AvgIpc) is 2.64. The Bertz CT molecular complexity index is 969. The minimum atomic E-state index is -0.176. The Kier molecular flexibility index (Phi) is 5.68. The van der Waals surface area contributed by atoms with Gasteiger partial charge in [0, 0.05) is 10.9 Å². The summed E-state index contributed by atoms with van der Waals surface area (Å²) in [5.74, 6) is -0.0368. The number of para-hydroxylation sites is 1. The van der Waals surface area contributed by atoms with Gasteiger partial charge in [-0.15, -0.1) is 0 Å². The number of nitrogens with one attached hydrogen (secondary N) is 1. The van der Waals surface area contributed by atoms with Gasteiger partial charge < -0.3 is 5.32 Å². The van der Waals surface area contributed by atoms with Crippen molar-refractivity contribution in [2.24, 2.45) is 0 Å². The number of rotatable bonds is 6. The number of hydrogen-bond donors (Lipinski definition) is 1. The molecule has 0 bridgehead atoms. The van der Waals surface area contributed by atoms with Gasteiger partial charge in [-0.25, -0.2) is 4.98 Å². The van der Waals surface area contributed by atoms with E-state index in [4.69, 9.17) is 0 Å². The number of thioether (sulfide) groups is 1. The molecule has 2 aromatic carbocycles. The fourth-order valence-corrected chi connectivity index (χ4v) is 3.45. The number of carbonyl (C=O) groups is 2. The molecule has 0 atom stereocenters. The van der Waals surface area contributed by atoms with Gasteiger partial charge in [0.1, 0.15) is 5.03 Å². The average molecular weight is 364 g/mol. The van der Waals surface area contributed by atoms with Crippen LogP contribution in [0.3, 0.4) is 0 Å². The van der Waals surface area contributed by atoms with E-state index in [9.17, 15) is 9.59 Å². The van der Waals surface area contributed by atoms with Crippen LogP contribution < -0.4 is 5.32 Å². The Morgan fingerprint density at radius 1 is 1.04 bits per heavy atom. The van der Waals surface area contributed by atoms with Crippen LogP contribution in [0.25, 0.3) is 10.9 Å². The normalized spacial score (nSPS) is 10.7. The highest BCUT2D eigenvalue weighted by Gasteiger charge is 2.10. The molecule has 0 aliphatic carbocycles. The highest BCUT2D eigenvalue weighted by Crippen LogP contribution is 2.24. The number of hydrogen-bond acceptors (Lipinski definition) is 4. The second kappa shape index (κ2) is 8.15. The Morgan fingerprint density at radius 2 is 1.85 bits per heavy atom. The molecule has 0 fully saturated rings. The quantitative estimate of drug-likeness (QED) is 0.532. The molecule has 4 nitrogen and oxygen atoms in total. The third kappa shape index (κ3) is 4.49. The van der Waals surface area contributed by atoms with E-state index in [2.05, 4.69) is 16.4 Å². The molecule has 26 heavy (non-hydrogen) atoms. The highest BCUT2D eigenvalue weighted by molar-refractivity contribution is 7.99. The van der Waals surface area contributed by atoms with E-state index >= 15 is 0 Å². The summed E-state index contributed by atoms with van der Waals surface area (Å²) < 4.78 is 0. The molecule has 5 heteroatoms. The number of Topliss-reactive ketones (excluding diaryl/α,β-unsaturated/α-hetero) is 1. The fourth-order valence-electron chi connectivity index (χ4n) is 2.63. The van der Waals surface area contributed by atoms with E-state index in [0.717, 1.165) is 27.1 Å². The molecule has 1 heterocycles. The van der Waals surface area contributed by atoms with E-state index in [1.54, 1.807) is 6.07 Å². The molecular weight excluding hydrogens is 344 g/mol. The number of amides is 1. The standard InChI is InChI=1S/C21H20N2O2S/c1-14-6-5-8-17(10-14)19(24)12-22-20(25)13-26-21-15(2)11-16-7-3-4-9-18(16)23-21/h3-11H,12-13H2,1-2H3,(H,22,25). The Morgan fingerprint density at radius 3 is 2.65 bits per heavy atom. The molecule has 0 unspecified atom stereocenters. The highest BCUT2D eigenvalue weighted by atomic mass is 32.2. The van der Waals surface area contributed by atoms with Crippen LogP contribution in [-0.2, 0) is 4.79 Å². The van der Waals surface area contributed by atoms with Gasteiger partial charge in [0.2, 0.25) is 5.91 Å². The van der Waals surface area contributed by atoms with Crippen molar-refractivity contribution < 1.29 is 9.59 Å². The predicted molar refractivity (Wildman–Crippen MR) is 106 cm³/mol. The third-order valence-corrected chi connectivity index (χ3v) is 5.09. The first-order valence-electron chi connectivity index (χ1n) is 8.38. The van der Waals surface area contributed by atoms with E-state index in [0.29, 0.717) is 5.56 Å². The van der Waals surface area contributed by atoms with Gasteiger partial charge in [0.05, 0.1) is 17.8 Å². The maximum absolute atomic E-state index is 12.1. The lowest BCUT2D eigenvalue weighted by Crippen LogP contribution is -2.30. The van der Waals surface area contributed by atoms with Gasteiger partial charge in [-0.05, 0) is 37.6 Å². The van der Waals surface area contributed by atoms with Crippen LogP contribution in [0.5, 0.6) is 0 Å². The van der Waals surface area contributed by atoms with E-state index in [-0.39, 0.29) is 24.0 Å². The van der Waals surface area contributed by atoms with Crippen LogP contribution in [0.4, 0.5) is 0 Å². The Hall–Kier alpha value is -2.66. The molecule has 1 amide bonds. The van der Waals surface area contributed by atoms with Gasteiger partial charge in [-0.1, -0.05) is 53.7 Å². The molecule has 0 radical (unpaired) electrons. The van der Waals surface area contributed by atoms with Gasteiger partial charge >= 0.3 is 0 Å². The molecule has 3 aromatic rings. The van der Waals surface area contributed by atoms with E-state index in [1.807, 2.05) is 56.3 Å². The topological polar surface area (TPSA) is 59.1 Å². The van der Waals surface area contributed by atoms with Crippen LogP contribution in [0.1, 0.15) is 21.5 Å². The predicted octanol–water partition coefficient (Wildman–Crippen LogP) is 3.94. The van der Waals surface area contributed by atoms with Crippen LogP contribution in [0, 0.1) is 13.8 Å². The smallest absolute Gasteiger partial charge is 0.230 e. The Labute approximate surface area is 157 Å². The van der Waals surface area contributed by atoms with Crippen molar-refractivity contribution in [3.63, 3.8) is 0 Å². The lowest BCUT2D eigenvalue weighted by atomic mass is 10.1. The SMILES string of the molecule is Cc1cccc(C(=O)CNC(=O)CSc2nc3ccccc3cc2C)c1. The van der Waals surface area contributed by atoms with Crippen molar-refractivity contribution in [2.45, 2.75) is 18.9 Å². The number of nitrogens with zero attached hydrogens (tertiary/aromatic N) is 1. The van der Waals surface area contributed by atoms with Crippen molar-refractivity contribution >= 4 is 34.4 Å². The summed E-state index contributed by atoms with van der Waals surface area (Å²) in [5, 5.41) is 4.61. The zero-order valence-electron chi connectivity index (χ0n) is 14.8. The lowest BCUT2D eigenvalue weighted by molar-refractivity contribution is -0.118. The summed E-state index contributed by atoms with van der Waals surface area (Å²) in [6, 6.07) is 17.3. The maximum Gasteiger partial charge on any atom is 0.230 e. The van der Waals surface area contributed by atoms with Crippen molar-refractivity contribution in [2.75, 3.05) is 12.3 Å². The first-order valence-corrected chi connectivity index (χ1v) is 9.37. The molecule has 0 saturated heterocycles. The van der Waals surface area contributed by atoms with Gasteiger partial charge in [0.15, 0.2) is 5.78 Å². The molecule has 0 aliphatic heterocycles. The van der Waals surface area contributed by atoms with Crippen molar-refractivity contribution in [3.8, 4) is 0 Å². The molecule has 1 aromatic heterocycles. The number of aromatic nitrogens is 1. The summed E-state index contributed by atoms with van der Waals surface area (Å²) in [4.78, 5) is 28.8. The number of carbonyl (C=O) groups excluding carboxylic acids is 2. The summed E-state index contributed by atoms with van der Waals surface area (Å²) >= 11 is 1.39. The monoisotopic (exact) mass is 364 g/mol. The summed E-state index contributed by atoms with van der Waals surface area (Å²) in [6.45, 7) is 3.93. The summed E-state index contributed by atoms with van der Waals surface area (Å²) in [6.07, 6.45) is 0. The minimum absolute atomic E-state index is 0.00692. The lowest BCUT2D eigenvalue weighted by Gasteiger charge is -2.08. The molecular formula is C21H20N2O2S. The first kappa shape index (κ1) is 18.1. The maximum atomic E-state index is 12.1. The third-order valence-electron chi connectivity index (χ3n) is 3.99. The van der Waals surface area contributed by atoms with Gasteiger partial charge in [-0.3, -0.25) is 9.59 Å². The van der Waals surface area contributed by atoms with Crippen molar-refractivity contribution in [3.05, 3.63) is 71.3 Å². The second-order valence-electron chi connectivity index (χ2n) is 6.16. The molecule has 0 aliphatic rings. The first-order chi connectivity index (χ1) is 12.5. The van der Waals surface area contributed by atoms with Crippen molar-refractivity contribution in [1.82, 2.24) is 10.3 Å². The van der Waals surface area contributed by atoms with E-state index in [1.165, 1.54) is 11.8 Å². The number of ketones is 1. The van der Waals surface area contributed by atoms with Gasteiger partial charge in [0.25, 0.3) is 0 Å². The second-order valence-corrected chi connectivity index (χ2v) is 7.13. The Balaban J connectivity index is 1.56. The summed E-state index contributed by atoms with van der Waals surface area (Å²) in [7, 11) is 0. The zero-order valence-corrected chi connectivity index (χ0v) is 15.6. The molecule has 0 spiro atoms. The van der Waals surface area contributed by atoms with Crippen molar-refractivity contribution in [1.29, 1.82) is 0 Å². The molecule has 1 N–H and O–H groups in total. The van der Waals surface area contributed by atoms with Crippen LogP contribution in [0.2, 0.25) is 0 Å². The number of benzene rings is 2. The van der Waals surface area contributed by atoms with Crippen LogP contribution in [-0.4, -0.2) is 29.0 Å². The molecule has 3 rings (SSSR count). The largest absolute Gasteiger partial charge is 0.348 e. The summed E-state index contributed by atoms with van der Waals surface area (Å²) in [5.41, 5.74) is 3.59.